The van der Waals surface area contributed by atoms with Gasteiger partial charge < -0.3 is 14.8 Å². The lowest BCUT2D eigenvalue weighted by atomic mass is 10.2. The second-order valence-corrected chi connectivity index (χ2v) is 6.07. The molecule has 0 spiro atoms. The maximum atomic E-state index is 12.0. The molecular weight excluding hydrogens is 382 g/mol. The number of methoxy groups -OCH3 is 1. The molecule has 23 heavy (non-hydrogen) atoms. The maximum absolute atomic E-state index is 12.0. The number of carbonyl (C=O) groups excluding carboxylic acids is 1. The van der Waals surface area contributed by atoms with Gasteiger partial charge in [-0.2, -0.15) is 0 Å². The van der Waals surface area contributed by atoms with E-state index in [1.54, 1.807) is 18.2 Å². The summed E-state index contributed by atoms with van der Waals surface area (Å²) in [4.78, 5) is 12.0. The molecule has 4 nitrogen and oxygen atoms in total. The van der Waals surface area contributed by atoms with Crippen LogP contribution >= 0.6 is 27.5 Å². The lowest BCUT2D eigenvalue weighted by Crippen LogP contribution is -2.20. The molecule has 0 aromatic heterocycles. The van der Waals surface area contributed by atoms with Crippen LogP contribution in [-0.4, -0.2) is 19.6 Å². The van der Waals surface area contributed by atoms with E-state index in [0.717, 1.165) is 10.9 Å². The summed E-state index contributed by atoms with van der Waals surface area (Å²) in [6, 6.07) is 10.8. The van der Waals surface area contributed by atoms with Crippen molar-refractivity contribution in [3.63, 3.8) is 0 Å². The number of aryl methyl sites for hydroxylation is 1. The van der Waals surface area contributed by atoms with Gasteiger partial charge in [0.2, 0.25) is 0 Å². The first kappa shape index (κ1) is 17.6. The fourth-order valence-electron chi connectivity index (χ4n) is 1.97. The van der Waals surface area contributed by atoms with Gasteiger partial charge in [-0.25, -0.2) is 0 Å². The van der Waals surface area contributed by atoms with Crippen molar-refractivity contribution in [2.45, 2.75) is 13.3 Å². The number of hydrogen-bond acceptors (Lipinski definition) is 3. The van der Waals surface area contributed by atoms with Crippen molar-refractivity contribution in [2.75, 3.05) is 19.0 Å². The first-order valence-corrected chi connectivity index (χ1v) is 8.25. The largest absolute Gasteiger partial charge is 0.495 e. The molecule has 0 heterocycles. The minimum Gasteiger partial charge on any atom is -0.495 e. The highest BCUT2D eigenvalue weighted by Crippen LogP contribution is 2.28. The van der Waals surface area contributed by atoms with Gasteiger partial charge in [-0.05, 0) is 58.2 Å². The molecule has 0 aliphatic rings. The van der Waals surface area contributed by atoms with Crippen molar-refractivity contribution in [3.05, 3.63) is 51.5 Å². The molecule has 0 radical (unpaired) electrons. The van der Waals surface area contributed by atoms with Gasteiger partial charge in [0, 0.05) is 5.69 Å². The van der Waals surface area contributed by atoms with Crippen molar-refractivity contribution in [1.82, 2.24) is 0 Å². The Morgan fingerprint density at radius 3 is 2.57 bits per heavy atom. The highest BCUT2D eigenvalue weighted by atomic mass is 79.9. The van der Waals surface area contributed by atoms with Crippen molar-refractivity contribution >= 4 is 39.1 Å². The van der Waals surface area contributed by atoms with E-state index in [1.165, 1.54) is 12.7 Å². The Kier molecular flexibility index (Phi) is 6.30. The van der Waals surface area contributed by atoms with Gasteiger partial charge in [0.15, 0.2) is 6.61 Å². The van der Waals surface area contributed by atoms with E-state index >= 15 is 0 Å². The smallest absolute Gasteiger partial charge is 0.262 e. The Bertz CT molecular complexity index is 706. The van der Waals surface area contributed by atoms with Gasteiger partial charge in [-0.1, -0.05) is 24.6 Å². The summed E-state index contributed by atoms with van der Waals surface area (Å²) in [5, 5.41) is 3.16. The van der Waals surface area contributed by atoms with Crippen LogP contribution in [0.1, 0.15) is 12.5 Å². The number of halogens is 2. The zero-order chi connectivity index (χ0) is 16.8. The topological polar surface area (TPSA) is 47.6 Å². The molecule has 1 amide bonds. The predicted molar refractivity (Wildman–Crippen MR) is 95.6 cm³/mol. The lowest BCUT2D eigenvalue weighted by molar-refractivity contribution is -0.118. The van der Waals surface area contributed by atoms with Gasteiger partial charge in [-0.3, -0.25) is 4.79 Å². The summed E-state index contributed by atoms with van der Waals surface area (Å²) in [5.41, 5.74) is 1.78. The Hall–Kier alpha value is -1.72. The van der Waals surface area contributed by atoms with Gasteiger partial charge >= 0.3 is 0 Å². The van der Waals surface area contributed by atoms with Crippen LogP contribution in [0.5, 0.6) is 11.5 Å². The average Bonchev–Trinajstić information content (AvgIpc) is 2.53. The molecule has 0 bridgehead atoms. The Morgan fingerprint density at radius 1 is 1.22 bits per heavy atom. The van der Waals surface area contributed by atoms with Crippen molar-refractivity contribution in [1.29, 1.82) is 0 Å². The first-order valence-electron chi connectivity index (χ1n) is 7.08. The third-order valence-electron chi connectivity index (χ3n) is 3.20. The van der Waals surface area contributed by atoms with Crippen LogP contribution in [0.2, 0.25) is 5.02 Å². The number of carbonyl (C=O) groups is 1. The quantitative estimate of drug-likeness (QED) is 0.768. The van der Waals surface area contributed by atoms with Gasteiger partial charge in [0.05, 0.1) is 16.6 Å². The summed E-state index contributed by atoms with van der Waals surface area (Å²) < 4.78 is 11.4. The Labute approximate surface area is 148 Å². The Balaban J connectivity index is 1.94. The zero-order valence-corrected chi connectivity index (χ0v) is 15.2. The first-order chi connectivity index (χ1) is 11.0. The van der Waals surface area contributed by atoms with Gasteiger partial charge in [0.1, 0.15) is 11.5 Å². The molecule has 2 aromatic carbocycles. The van der Waals surface area contributed by atoms with E-state index in [4.69, 9.17) is 21.1 Å². The van der Waals surface area contributed by atoms with Crippen LogP contribution in [0.3, 0.4) is 0 Å². The fraction of sp³-hybridized carbons (Fsp3) is 0.235. The minimum absolute atomic E-state index is 0.0896. The van der Waals surface area contributed by atoms with Crippen LogP contribution in [-0.2, 0) is 11.2 Å². The summed E-state index contributed by atoms with van der Waals surface area (Å²) in [6.07, 6.45) is 0.942. The van der Waals surface area contributed by atoms with Crippen molar-refractivity contribution in [2.24, 2.45) is 0 Å². The molecule has 0 fully saturated rings. The number of benzene rings is 2. The molecule has 0 saturated carbocycles. The number of anilines is 1. The van der Waals surface area contributed by atoms with Gasteiger partial charge in [0.25, 0.3) is 5.91 Å². The lowest BCUT2D eigenvalue weighted by Gasteiger charge is -2.11. The highest BCUT2D eigenvalue weighted by Gasteiger charge is 2.08. The summed E-state index contributed by atoms with van der Waals surface area (Å²) >= 11 is 9.46. The molecule has 2 aromatic rings. The molecule has 0 aliphatic heterocycles. The summed E-state index contributed by atoms with van der Waals surface area (Å²) in [7, 11) is 1.54. The van der Waals surface area contributed by atoms with Crippen LogP contribution in [0.4, 0.5) is 5.69 Å². The number of nitrogens with one attached hydrogen (secondary N) is 1. The standard InChI is InChI=1S/C17H17BrClNO3/c1-3-11-4-6-15(13(18)8-11)23-10-17(21)20-12-5-7-16(22-2)14(19)9-12/h4-9H,3,10H2,1-2H3,(H,20,21). The molecule has 1 N–H and O–H groups in total. The SMILES string of the molecule is CCc1ccc(OCC(=O)Nc2ccc(OC)c(Cl)c2)c(Br)c1. The van der Waals surface area contributed by atoms with E-state index in [2.05, 4.69) is 28.2 Å². The molecule has 0 atom stereocenters. The highest BCUT2D eigenvalue weighted by molar-refractivity contribution is 9.10. The average molecular weight is 399 g/mol. The summed E-state index contributed by atoms with van der Waals surface area (Å²) in [6.45, 7) is 1.99. The molecule has 6 heteroatoms. The van der Waals surface area contributed by atoms with Crippen LogP contribution < -0.4 is 14.8 Å². The van der Waals surface area contributed by atoms with E-state index in [1.807, 2.05) is 18.2 Å². The predicted octanol–water partition coefficient (Wildman–Crippen LogP) is 4.69. The monoisotopic (exact) mass is 397 g/mol. The maximum Gasteiger partial charge on any atom is 0.262 e. The van der Waals surface area contributed by atoms with E-state index < -0.39 is 0 Å². The van der Waals surface area contributed by atoms with Crippen molar-refractivity contribution < 1.29 is 14.3 Å². The molecular formula is C17H17BrClNO3. The third-order valence-corrected chi connectivity index (χ3v) is 4.11. The molecule has 0 saturated heterocycles. The van der Waals surface area contributed by atoms with Crippen molar-refractivity contribution in [3.8, 4) is 11.5 Å². The zero-order valence-electron chi connectivity index (χ0n) is 12.9. The molecule has 122 valence electrons. The van der Waals surface area contributed by atoms with E-state index in [0.29, 0.717) is 22.2 Å². The number of rotatable bonds is 6. The second-order valence-electron chi connectivity index (χ2n) is 4.80. The minimum atomic E-state index is -0.266. The second kappa shape index (κ2) is 8.22. The summed E-state index contributed by atoms with van der Waals surface area (Å²) in [5.74, 6) is 0.920. The molecule has 2 rings (SSSR count). The van der Waals surface area contributed by atoms with Crippen LogP contribution in [0, 0.1) is 0 Å². The van der Waals surface area contributed by atoms with Crippen LogP contribution in [0.25, 0.3) is 0 Å². The van der Waals surface area contributed by atoms with Crippen LogP contribution in [0.15, 0.2) is 40.9 Å². The van der Waals surface area contributed by atoms with E-state index in [-0.39, 0.29) is 12.5 Å². The molecule has 0 unspecified atom stereocenters. The normalized spacial score (nSPS) is 10.3. The van der Waals surface area contributed by atoms with E-state index in [9.17, 15) is 4.79 Å². The third kappa shape index (κ3) is 4.88. The number of hydrogen-bond donors (Lipinski definition) is 1. The molecule has 0 aliphatic carbocycles. The number of amides is 1. The Morgan fingerprint density at radius 2 is 1.96 bits per heavy atom. The van der Waals surface area contributed by atoms with Gasteiger partial charge in [-0.15, -0.1) is 0 Å². The number of ether oxygens (including phenoxy) is 2. The fourth-order valence-corrected chi connectivity index (χ4v) is 2.76.